The minimum absolute atomic E-state index is 0.801. The van der Waals surface area contributed by atoms with Gasteiger partial charge in [0.15, 0.2) is 5.58 Å². The molecule has 0 aliphatic carbocycles. The van der Waals surface area contributed by atoms with Crippen molar-refractivity contribution in [3.05, 3.63) is 170 Å². The molecule has 0 aliphatic rings. The predicted octanol–water partition coefficient (Wildman–Crippen LogP) is 12.8. The lowest BCUT2D eigenvalue weighted by Gasteiger charge is -2.26. The van der Waals surface area contributed by atoms with Crippen LogP contribution in [0.5, 0.6) is 0 Å². The second-order valence-electron chi connectivity index (χ2n) is 12.4. The quantitative estimate of drug-likeness (QED) is 0.190. The molecule has 0 radical (unpaired) electrons. The second kappa shape index (κ2) is 11.0. The maximum Gasteiger partial charge on any atom is 0.161 e. The SMILES string of the molecule is c1ccc2cc(-c3ccc(N(c4ccc(-c5ccnc6c5oc5ccccc56)cc4)c4ccc5oc6ccccc6c5c4)cc3)ccc2c1. The molecule has 0 atom stereocenters. The van der Waals surface area contributed by atoms with E-state index in [1.165, 1.54) is 21.9 Å². The van der Waals surface area contributed by atoms with Gasteiger partial charge in [0, 0.05) is 45.0 Å². The molecule has 0 fully saturated rings. The summed E-state index contributed by atoms with van der Waals surface area (Å²) in [7, 11) is 0. The summed E-state index contributed by atoms with van der Waals surface area (Å²) in [5, 5.41) is 5.70. The largest absolute Gasteiger partial charge is 0.456 e. The highest BCUT2D eigenvalue weighted by Crippen LogP contribution is 2.41. The number of fused-ring (bicyclic) bond motifs is 7. The average Bonchev–Trinajstić information content (AvgIpc) is 3.74. The molecule has 0 aliphatic heterocycles. The summed E-state index contributed by atoms with van der Waals surface area (Å²) in [6.45, 7) is 0. The number of aromatic nitrogens is 1. The van der Waals surface area contributed by atoms with E-state index in [0.717, 1.165) is 72.2 Å². The van der Waals surface area contributed by atoms with Crippen LogP contribution in [0.15, 0.2) is 179 Å². The van der Waals surface area contributed by atoms with Gasteiger partial charge in [0.25, 0.3) is 0 Å². The highest BCUT2D eigenvalue weighted by Gasteiger charge is 2.18. The number of furan rings is 2. The molecule has 3 heterocycles. The highest BCUT2D eigenvalue weighted by molar-refractivity contribution is 6.08. The molecule has 10 rings (SSSR count). The van der Waals surface area contributed by atoms with Gasteiger partial charge in [0.2, 0.25) is 0 Å². The molecule has 3 aromatic heterocycles. The van der Waals surface area contributed by atoms with Crippen molar-refractivity contribution in [1.29, 1.82) is 0 Å². The van der Waals surface area contributed by atoms with Gasteiger partial charge in [-0.3, -0.25) is 4.98 Å². The summed E-state index contributed by atoms with van der Waals surface area (Å²) in [6, 6.07) is 57.4. The van der Waals surface area contributed by atoms with Crippen LogP contribution >= 0.6 is 0 Å². The Morgan fingerprint density at radius 1 is 0.408 bits per heavy atom. The minimum Gasteiger partial charge on any atom is -0.456 e. The summed E-state index contributed by atoms with van der Waals surface area (Å²) in [6.07, 6.45) is 1.86. The monoisotopic (exact) mass is 628 g/mol. The van der Waals surface area contributed by atoms with Gasteiger partial charge < -0.3 is 13.7 Å². The molecule has 10 aromatic rings. The maximum absolute atomic E-state index is 6.31. The van der Waals surface area contributed by atoms with Gasteiger partial charge >= 0.3 is 0 Å². The minimum atomic E-state index is 0.801. The summed E-state index contributed by atoms with van der Waals surface area (Å²) in [5.41, 5.74) is 11.9. The number of hydrogen-bond acceptors (Lipinski definition) is 4. The van der Waals surface area contributed by atoms with Crippen molar-refractivity contribution < 1.29 is 8.83 Å². The van der Waals surface area contributed by atoms with Gasteiger partial charge in [-0.25, -0.2) is 0 Å². The number of hydrogen-bond donors (Lipinski definition) is 0. The Morgan fingerprint density at radius 2 is 1.02 bits per heavy atom. The molecular formula is C45H28N2O2. The van der Waals surface area contributed by atoms with Gasteiger partial charge in [-0.2, -0.15) is 0 Å². The average molecular weight is 629 g/mol. The van der Waals surface area contributed by atoms with Crippen LogP contribution in [-0.4, -0.2) is 4.98 Å². The summed E-state index contributed by atoms with van der Waals surface area (Å²) >= 11 is 0. The van der Waals surface area contributed by atoms with Crippen molar-refractivity contribution in [1.82, 2.24) is 4.98 Å². The van der Waals surface area contributed by atoms with Crippen LogP contribution in [0.1, 0.15) is 0 Å². The molecule has 0 unspecified atom stereocenters. The van der Waals surface area contributed by atoms with Crippen molar-refractivity contribution in [3.63, 3.8) is 0 Å². The Bertz CT molecular complexity index is 2830. The molecule has 0 N–H and O–H groups in total. The van der Waals surface area contributed by atoms with Crippen LogP contribution in [0.2, 0.25) is 0 Å². The molecule has 49 heavy (non-hydrogen) atoms. The van der Waals surface area contributed by atoms with Crippen molar-refractivity contribution in [2.24, 2.45) is 0 Å². The fraction of sp³-hybridized carbons (Fsp3) is 0. The summed E-state index contributed by atoms with van der Waals surface area (Å²) < 4.78 is 12.5. The molecule has 0 saturated carbocycles. The molecule has 0 spiro atoms. The second-order valence-corrected chi connectivity index (χ2v) is 12.4. The standard InChI is InChI=1S/C45H28N2O2/c1-2-8-32-27-33(14-13-29(32)7-1)30-15-19-34(20-16-30)47(36-23-24-43-40(28-36)38-9-3-5-11-41(38)48-43)35-21-17-31(18-22-35)37-25-26-46-44-39-10-4-6-12-42(39)49-45(37)44/h1-28H. The highest BCUT2D eigenvalue weighted by atomic mass is 16.3. The Balaban J connectivity index is 1.09. The zero-order valence-electron chi connectivity index (χ0n) is 26.4. The molecular weight excluding hydrogens is 601 g/mol. The van der Waals surface area contributed by atoms with Gasteiger partial charge in [-0.05, 0) is 100 Å². The van der Waals surface area contributed by atoms with Crippen LogP contribution in [0.25, 0.3) is 77.0 Å². The normalized spacial score (nSPS) is 11.7. The lowest BCUT2D eigenvalue weighted by Crippen LogP contribution is -2.09. The van der Waals surface area contributed by atoms with Gasteiger partial charge in [0.05, 0.1) is 0 Å². The van der Waals surface area contributed by atoms with E-state index in [0.29, 0.717) is 0 Å². The lowest BCUT2D eigenvalue weighted by atomic mass is 10.0. The number of para-hydroxylation sites is 2. The fourth-order valence-corrected chi connectivity index (χ4v) is 7.09. The first-order valence-corrected chi connectivity index (χ1v) is 16.4. The molecule has 4 nitrogen and oxygen atoms in total. The lowest BCUT2D eigenvalue weighted by molar-refractivity contribution is 0.668. The Labute approximate surface area is 282 Å². The third kappa shape index (κ3) is 4.57. The van der Waals surface area contributed by atoms with Crippen molar-refractivity contribution in [3.8, 4) is 22.3 Å². The number of nitrogens with zero attached hydrogens (tertiary/aromatic N) is 2. The van der Waals surface area contributed by atoms with E-state index < -0.39 is 0 Å². The van der Waals surface area contributed by atoms with Crippen LogP contribution < -0.4 is 4.90 Å². The zero-order valence-corrected chi connectivity index (χ0v) is 26.4. The number of benzene rings is 7. The zero-order chi connectivity index (χ0) is 32.3. The van der Waals surface area contributed by atoms with Crippen LogP contribution in [-0.2, 0) is 0 Å². The van der Waals surface area contributed by atoms with Crippen LogP contribution in [0.4, 0.5) is 17.1 Å². The van der Waals surface area contributed by atoms with Crippen molar-refractivity contribution in [2.45, 2.75) is 0 Å². The molecule has 4 heteroatoms. The van der Waals surface area contributed by atoms with Crippen molar-refractivity contribution in [2.75, 3.05) is 4.90 Å². The third-order valence-electron chi connectivity index (χ3n) is 9.52. The Hall–Kier alpha value is -6.65. The van der Waals surface area contributed by atoms with Gasteiger partial charge in [0.1, 0.15) is 22.3 Å². The molecule has 230 valence electrons. The Kier molecular flexibility index (Phi) is 6.15. The fourth-order valence-electron chi connectivity index (χ4n) is 7.09. The number of rotatable bonds is 5. The van der Waals surface area contributed by atoms with E-state index in [1.54, 1.807) is 0 Å². The first-order valence-electron chi connectivity index (χ1n) is 16.4. The smallest absolute Gasteiger partial charge is 0.161 e. The van der Waals surface area contributed by atoms with Gasteiger partial charge in [-0.1, -0.05) is 91.0 Å². The molecule has 0 saturated heterocycles. The first kappa shape index (κ1) is 27.5. The van der Waals surface area contributed by atoms with Gasteiger partial charge in [-0.15, -0.1) is 0 Å². The first-order chi connectivity index (χ1) is 24.3. The van der Waals surface area contributed by atoms with E-state index >= 15 is 0 Å². The van der Waals surface area contributed by atoms with E-state index in [9.17, 15) is 0 Å². The van der Waals surface area contributed by atoms with Crippen molar-refractivity contribution >= 4 is 71.8 Å². The Morgan fingerprint density at radius 3 is 1.82 bits per heavy atom. The van der Waals surface area contributed by atoms with Crippen LogP contribution in [0, 0.1) is 0 Å². The predicted molar refractivity (Wildman–Crippen MR) is 202 cm³/mol. The molecule has 0 bridgehead atoms. The molecule has 0 amide bonds. The number of anilines is 3. The van der Waals surface area contributed by atoms with E-state index in [-0.39, 0.29) is 0 Å². The van der Waals surface area contributed by atoms with Crippen LogP contribution in [0.3, 0.4) is 0 Å². The third-order valence-corrected chi connectivity index (χ3v) is 9.52. The summed E-state index contributed by atoms with van der Waals surface area (Å²) in [4.78, 5) is 6.96. The summed E-state index contributed by atoms with van der Waals surface area (Å²) in [5.74, 6) is 0. The topological polar surface area (TPSA) is 42.4 Å². The van der Waals surface area contributed by atoms with E-state index in [2.05, 4.69) is 137 Å². The number of pyridine rings is 1. The molecule has 7 aromatic carbocycles. The maximum atomic E-state index is 6.31. The van der Waals surface area contributed by atoms with E-state index in [4.69, 9.17) is 8.83 Å². The van der Waals surface area contributed by atoms with E-state index in [1.807, 2.05) is 42.6 Å².